The van der Waals surface area contributed by atoms with E-state index < -0.39 is 0 Å². The number of hydrogen-bond acceptors (Lipinski definition) is 3. The van der Waals surface area contributed by atoms with Crippen molar-refractivity contribution in [3.63, 3.8) is 0 Å². The Morgan fingerprint density at radius 2 is 1.71 bits per heavy atom. The minimum atomic E-state index is -0.136. The van der Waals surface area contributed by atoms with Crippen molar-refractivity contribution in [3.05, 3.63) is 30.3 Å². The lowest BCUT2D eigenvalue weighted by Crippen LogP contribution is -2.37. The third kappa shape index (κ3) is 5.12. The smallest absolute Gasteiger partial charge is 0.238 e. The van der Waals surface area contributed by atoms with Gasteiger partial charge in [-0.1, -0.05) is 18.2 Å². The van der Waals surface area contributed by atoms with Crippen LogP contribution in [-0.2, 0) is 9.59 Å². The highest BCUT2D eigenvalue weighted by molar-refractivity contribution is 5.92. The van der Waals surface area contributed by atoms with Crippen molar-refractivity contribution in [1.82, 2.24) is 10.2 Å². The molecule has 17 heavy (non-hydrogen) atoms. The summed E-state index contributed by atoms with van der Waals surface area (Å²) < 4.78 is 0. The van der Waals surface area contributed by atoms with E-state index in [-0.39, 0.29) is 24.9 Å². The van der Waals surface area contributed by atoms with Crippen LogP contribution in [0.15, 0.2) is 30.3 Å². The molecule has 0 aromatic heterocycles. The number of benzene rings is 1. The van der Waals surface area contributed by atoms with Crippen molar-refractivity contribution in [2.24, 2.45) is 0 Å². The fraction of sp³-hybridized carbons (Fsp3) is 0.333. The fourth-order valence-electron chi connectivity index (χ4n) is 1.35. The summed E-state index contributed by atoms with van der Waals surface area (Å²) in [6, 6.07) is 9.22. The Hall–Kier alpha value is -1.88. The van der Waals surface area contributed by atoms with Crippen LogP contribution in [0.5, 0.6) is 0 Å². The average Bonchev–Trinajstić information content (AvgIpc) is 2.29. The monoisotopic (exact) mass is 235 g/mol. The number of carbonyl (C=O) groups excluding carboxylic acids is 2. The molecule has 2 amide bonds. The summed E-state index contributed by atoms with van der Waals surface area (Å²) in [5.74, 6) is -0.248. The first kappa shape index (κ1) is 13.2. The maximum absolute atomic E-state index is 11.6. The van der Waals surface area contributed by atoms with Gasteiger partial charge in [0.1, 0.15) is 0 Å². The van der Waals surface area contributed by atoms with Crippen LogP contribution < -0.4 is 10.6 Å². The van der Waals surface area contributed by atoms with Gasteiger partial charge in [0, 0.05) is 12.7 Å². The van der Waals surface area contributed by atoms with Crippen LogP contribution in [0.1, 0.15) is 0 Å². The number of likely N-dealkylation sites (N-methyl/N-ethyl adjacent to an activating group) is 2. The molecule has 0 bridgehead atoms. The minimum Gasteiger partial charge on any atom is -0.358 e. The largest absolute Gasteiger partial charge is 0.358 e. The summed E-state index contributed by atoms with van der Waals surface area (Å²) in [5, 5.41) is 5.26. The van der Waals surface area contributed by atoms with E-state index in [2.05, 4.69) is 10.6 Å². The standard InChI is InChI=1S/C12H17N3O2/c1-13-11(16)8-15(2)9-12(17)14-10-6-4-3-5-7-10/h3-7H,8-9H2,1-2H3,(H,13,16)(H,14,17). The summed E-state index contributed by atoms with van der Waals surface area (Å²) in [4.78, 5) is 24.3. The molecule has 0 spiro atoms. The Morgan fingerprint density at radius 3 is 2.29 bits per heavy atom. The predicted molar refractivity (Wildman–Crippen MR) is 66.6 cm³/mol. The van der Waals surface area contributed by atoms with E-state index in [0.29, 0.717) is 0 Å². The van der Waals surface area contributed by atoms with Gasteiger partial charge in [0.2, 0.25) is 11.8 Å². The SMILES string of the molecule is CNC(=O)CN(C)CC(=O)Nc1ccccc1. The van der Waals surface area contributed by atoms with Gasteiger partial charge in [0.25, 0.3) is 0 Å². The molecular formula is C12H17N3O2. The summed E-state index contributed by atoms with van der Waals surface area (Å²) in [5.41, 5.74) is 0.755. The van der Waals surface area contributed by atoms with Crippen molar-refractivity contribution in [2.75, 3.05) is 32.5 Å². The molecule has 0 saturated carbocycles. The van der Waals surface area contributed by atoms with E-state index in [1.807, 2.05) is 30.3 Å². The molecule has 5 heteroatoms. The van der Waals surface area contributed by atoms with E-state index in [9.17, 15) is 9.59 Å². The van der Waals surface area contributed by atoms with Crippen molar-refractivity contribution in [1.29, 1.82) is 0 Å². The zero-order chi connectivity index (χ0) is 12.7. The van der Waals surface area contributed by atoms with Crippen LogP contribution in [-0.4, -0.2) is 43.9 Å². The Kier molecular flexibility index (Phi) is 5.16. The molecule has 0 atom stereocenters. The molecule has 0 aliphatic heterocycles. The second-order valence-electron chi connectivity index (χ2n) is 3.76. The van der Waals surface area contributed by atoms with Crippen LogP contribution in [0.3, 0.4) is 0 Å². The third-order valence-electron chi connectivity index (χ3n) is 2.16. The molecule has 0 unspecified atom stereocenters. The van der Waals surface area contributed by atoms with Gasteiger partial charge in [-0.3, -0.25) is 14.5 Å². The van der Waals surface area contributed by atoms with Gasteiger partial charge >= 0.3 is 0 Å². The van der Waals surface area contributed by atoms with Gasteiger partial charge in [-0.05, 0) is 19.2 Å². The third-order valence-corrected chi connectivity index (χ3v) is 2.16. The van der Waals surface area contributed by atoms with Crippen LogP contribution >= 0.6 is 0 Å². The Bertz CT molecular complexity index is 379. The summed E-state index contributed by atoms with van der Waals surface area (Å²) in [6.07, 6.45) is 0. The molecule has 0 aliphatic rings. The number of nitrogens with zero attached hydrogens (tertiary/aromatic N) is 1. The van der Waals surface area contributed by atoms with Gasteiger partial charge in [0.05, 0.1) is 13.1 Å². The molecule has 0 saturated heterocycles. The van der Waals surface area contributed by atoms with Gasteiger partial charge in [0.15, 0.2) is 0 Å². The number of hydrogen-bond donors (Lipinski definition) is 2. The van der Waals surface area contributed by atoms with Crippen LogP contribution in [0.25, 0.3) is 0 Å². The number of anilines is 1. The summed E-state index contributed by atoms with van der Waals surface area (Å²) in [6.45, 7) is 0.390. The molecule has 0 radical (unpaired) electrons. The number of rotatable bonds is 5. The quantitative estimate of drug-likeness (QED) is 0.771. The molecule has 0 fully saturated rings. The molecule has 5 nitrogen and oxygen atoms in total. The first-order chi connectivity index (χ1) is 8.11. The maximum Gasteiger partial charge on any atom is 0.238 e. The number of para-hydroxylation sites is 1. The highest BCUT2D eigenvalue weighted by atomic mass is 16.2. The van der Waals surface area contributed by atoms with E-state index in [1.54, 1.807) is 19.0 Å². The average molecular weight is 235 g/mol. The molecule has 2 N–H and O–H groups in total. The van der Waals surface area contributed by atoms with Crippen molar-refractivity contribution in [3.8, 4) is 0 Å². The van der Waals surface area contributed by atoms with Gasteiger partial charge < -0.3 is 10.6 Å². The summed E-state index contributed by atoms with van der Waals surface area (Å²) >= 11 is 0. The molecule has 1 aromatic carbocycles. The highest BCUT2D eigenvalue weighted by Crippen LogP contribution is 2.04. The fourth-order valence-corrected chi connectivity index (χ4v) is 1.35. The van der Waals surface area contributed by atoms with E-state index in [0.717, 1.165) is 5.69 Å². The topological polar surface area (TPSA) is 61.4 Å². The molecule has 0 heterocycles. The van der Waals surface area contributed by atoms with E-state index >= 15 is 0 Å². The highest BCUT2D eigenvalue weighted by Gasteiger charge is 2.09. The Labute approximate surface area is 101 Å². The first-order valence-electron chi connectivity index (χ1n) is 5.36. The molecule has 92 valence electrons. The number of nitrogens with one attached hydrogen (secondary N) is 2. The zero-order valence-corrected chi connectivity index (χ0v) is 10.1. The van der Waals surface area contributed by atoms with Crippen LogP contribution in [0.2, 0.25) is 0 Å². The molecule has 0 aliphatic carbocycles. The second-order valence-corrected chi connectivity index (χ2v) is 3.76. The van der Waals surface area contributed by atoms with Crippen molar-refractivity contribution in [2.45, 2.75) is 0 Å². The lowest BCUT2D eigenvalue weighted by molar-refractivity contribution is -0.122. The summed E-state index contributed by atoms with van der Waals surface area (Å²) in [7, 11) is 3.29. The van der Waals surface area contributed by atoms with Crippen LogP contribution in [0, 0.1) is 0 Å². The normalized spacial score (nSPS) is 10.1. The minimum absolute atomic E-state index is 0.111. The molecule has 1 aromatic rings. The number of carbonyl (C=O) groups is 2. The van der Waals surface area contributed by atoms with Gasteiger partial charge in [-0.15, -0.1) is 0 Å². The second kappa shape index (κ2) is 6.65. The molecular weight excluding hydrogens is 218 g/mol. The first-order valence-corrected chi connectivity index (χ1v) is 5.36. The predicted octanol–water partition coefficient (Wildman–Crippen LogP) is 0.303. The van der Waals surface area contributed by atoms with Gasteiger partial charge in [-0.25, -0.2) is 0 Å². The van der Waals surface area contributed by atoms with Crippen molar-refractivity contribution >= 4 is 17.5 Å². The Balaban J connectivity index is 2.37. The maximum atomic E-state index is 11.6. The van der Waals surface area contributed by atoms with E-state index in [1.165, 1.54) is 0 Å². The Morgan fingerprint density at radius 1 is 1.12 bits per heavy atom. The number of amides is 2. The van der Waals surface area contributed by atoms with Crippen molar-refractivity contribution < 1.29 is 9.59 Å². The van der Waals surface area contributed by atoms with E-state index in [4.69, 9.17) is 0 Å². The lowest BCUT2D eigenvalue weighted by Gasteiger charge is -2.15. The lowest BCUT2D eigenvalue weighted by atomic mass is 10.3. The van der Waals surface area contributed by atoms with Gasteiger partial charge in [-0.2, -0.15) is 0 Å². The molecule has 1 rings (SSSR count). The zero-order valence-electron chi connectivity index (χ0n) is 10.1. The van der Waals surface area contributed by atoms with Crippen LogP contribution in [0.4, 0.5) is 5.69 Å².